The van der Waals surface area contributed by atoms with Gasteiger partial charge in [0.15, 0.2) is 0 Å². The first kappa shape index (κ1) is 24.2. The Kier molecular flexibility index (Phi) is 11.9. The van der Waals surface area contributed by atoms with Crippen molar-refractivity contribution in [3.8, 4) is 5.75 Å². The van der Waals surface area contributed by atoms with E-state index in [0.29, 0.717) is 17.8 Å². The third kappa shape index (κ3) is 9.15. The van der Waals surface area contributed by atoms with E-state index in [-0.39, 0.29) is 11.7 Å². The van der Waals surface area contributed by atoms with Gasteiger partial charge in [-0.2, -0.15) is 0 Å². The van der Waals surface area contributed by atoms with Gasteiger partial charge in [-0.3, -0.25) is 4.79 Å². The summed E-state index contributed by atoms with van der Waals surface area (Å²) in [5, 5.41) is 13.7. The van der Waals surface area contributed by atoms with Crippen LogP contribution in [0.25, 0.3) is 10.9 Å². The van der Waals surface area contributed by atoms with Crippen molar-refractivity contribution >= 4 is 16.8 Å². The second-order valence-electron chi connectivity index (χ2n) is 8.40. The van der Waals surface area contributed by atoms with Crippen LogP contribution in [0.4, 0.5) is 0 Å². The summed E-state index contributed by atoms with van der Waals surface area (Å²) < 4.78 is 0. The number of nitrogens with one attached hydrogen (secondary N) is 1. The number of nitrogens with zero attached hydrogens (tertiary/aromatic N) is 1. The van der Waals surface area contributed by atoms with Crippen LogP contribution in [0.1, 0.15) is 107 Å². The number of carbonyl (C=O) groups excluding carboxylic acids is 1. The van der Waals surface area contributed by atoms with Gasteiger partial charge in [0.05, 0.1) is 0 Å². The first-order valence-electron chi connectivity index (χ1n) is 12.1. The molecule has 1 heterocycles. The Labute approximate surface area is 182 Å². The van der Waals surface area contributed by atoms with Crippen LogP contribution >= 0.6 is 0 Å². The minimum Gasteiger partial charge on any atom is -0.506 e. The van der Waals surface area contributed by atoms with E-state index in [1.807, 2.05) is 12.1 Å². The van der Waals surface area contributed by atoms with Crippen LogP contribution in [0.2, 0.25) is 0 Å². The summed E-state index contributed by atoms with van der Waals surface area (Å²) in [6.45, 7) is 2.95. The number of amides is 1. The number of aromatic nitrogens is 1. The van der Waals surface area contributed by atoms with Crippen molar-refractivity contribution in [2.45, 2.75) is 96.8 Å². The van der Waals surface area contributed by atoms with Gasteiger partial charge in [0.1, 0.15) is 17.0 Å². The maximum absolute atomic E-state index is 12.3. The van der Waals surface area contributed by atoms with Crippen molar-refractivity contribution in [2.75, 3.05) is 6.54 Å². The van der Waals surface area contributed by atoms with Crippen molar-refractivity contribution < 1.29 is 9.90 Å². The zero-order chi connectivity index (χ0) is 21.4. The van der Waals surface area contributed by atoms with Crippen molar-refractivity contribution in [1.82, 2.24) is 10.3 Å². The second kappa shape index (κ2) is 14.8. The molecule has 1 amide bonds. The zero-order valence-corrected chi connectivity index (χ0v) is 18.8. The van der Waals surface area contributed by atoms with E-state index < -0.39 is 0 Å². The molecule has 4 nitrogen and oxygen atoms in total. The van der Waals surface area contributed by atoms with E-state index in [1.165, 1.54) is 77.0 Å². The summed E-state index contributed by atoms with van der Waals surface area (Å²) in [5.74, 6) is -0.0658. The van der Waals surface area contributed by atoms with Gasteiger partial charge in [0, 0.05) is 11.9 Å². The Morgan fingerprint density at radius 3 is 1.97 bits per heavy atom. The molecule has 0 bridgehead atoms. The first-order valence-corrected chi connectivity index (χ1v) is 12.1. The standard InChI is InChI=1S/C26H40N2O2/c1-2-3-4-5-6-7-8-9-10-11-12-13-14-15-21-27-26(30)23-20-19-22-17-16-18-24(29)25(22)28-23/h16-20,29H,2-15,21H2,1H3,(H,27,30). The molecule has 0 spiro atoms. The van der Waals surface area contributed by atoms with Gasteiger partial charge in [-0.15, -0.1) is 0 Å². The van der Waals surface area contributed by atoms with Crippen molar-refractivity contribution in [1.29, 1.82) is 0 Å². The molecule has 0 radical (unpaired) electrons. The topological polar surface area (TPSA) is 62.2 Å². The minimum atomic E-state index is -0.171. The van der Waals surface area contributed by atoms with Crippen LogP contribution in [0.15, 0.2) is 30.3 Å². The van der Waals surface area contributed by atoms with Gasteiger partial charge in [0.2, 0.25) is 0 Å². The number of carbonyl (C=O) groups is 1. The van der Waals surface area contributed by atoms with Gasteiger partial charge in [-0.25, -0.2) is 4.98 Å². The number of benzene rings is 1. The highest BCUT2D eigenvalue weighted by Crippen LogP contribution is 2.22. The normalized spacial score (nSPS) is 11.1. The zero-order valence-electron chi connectivity index (χ0n) is 18.8. The predicted octanol–water partition coefficient (Wildman–Crippen LogP) is 7.15. The van der Waals surface area contributed by atoms with Gasteiger partial charge >= 0.3 is 0 Å². The predicted molar refractivity (Wildman–Crippen MR) is 126 cm³/mol. The quantitative estimate of drug-likeness (QED) is 0.288. The Hall–Kier alpha value is -2.10. The van der Waals surface area contributed by atoms with E-state index in [1.54, 1.807) is 18.2 Å². The number of fused-ring (bicyclic) bond motifs is 1. The van der Waals surface area contributed by atoms with Gasteiger partial charge in [-0.05, 0) is 18.6 Å². The highest BCUT2D eigenvalue weighted by molar-refractivity contribution is 5.95. The van der Waals surface area contributed by atoms with Crippen LogP contribution in [-0.2, 0) is 0 Å². The number of aromatic hydroxyl groups is 1. The summed E-state index contributed by atoms with van der Waals surface area (Å²) >= 11 is 0. The summed E-state index contributed by atoms with van der Waals surface area (Å²) in [6, 6.07) is 8.77. The lowest BCUT2D eigenvalue weighted by Crippen LogP contribution is -2.25. The molecule has 30 heavy (non-hydrogen) atoms. The lowest BCUT2D eigenvalue weighted by Gasteiger charge is -2.07. The fourth-order valence-corrected chi connectivity index (χ4v) is 3.87. The number of phenolic OH excluding ortho intramolecular Hbond substituents is 1. The Bertz CT molecular complexity index is 745. The molecule has 0 saturated heterocycles. The number of pyridine rings is 1. The second-order valence-corrected chi connectivity index (χ2v) is 8.40. The molecule has 0 aliphatic carbocycles. The third-order valence-corrected chi connectivity index (χ3v) is 5.75. The SMILES string of the molecule is CCCCCCCCCCCCCCCCNC(=O)c1ccc2cccc(O)c2n1. The van der Waals surface area contributed by atoms with Crippen LogP contribution in [0, 0.1) is 0 Å². The van der Waals surface area contributed by atoms with E-state index in [4.69, 9.17) is 0 Å². The molecule has 0 atom stereocenters. The number of hydrogen-bond donors (Lipinski definition) is 2. The molecule has 1 aromatic heterocycles. The van der Waals surface area contributed by atoms with Gasteiger partial charge < -0.3 is 10.4 Å². The average Bonchev–Trinajstić information content (AvgIpc) is 2.76. The Morgan fingerprint density at radius 1 is 0.800 bits per heavy atom. The summed E-state index contributed by atoms with van der Waals surface area (Å²) in [4.78, 5) is 16.6. The monoisotopic (exact) mass is 412 g/mol. The van der Waals surface area contributed by atoms with Crippen molar-refractivity contribution in [3.05, 3.63) is 36.0 Å². The largest absolute Gasteiger partial charge is 0.506 e. The molecule has 2 N–H and O–H groups in total. The summed E-state index contributed by atoms with van der Waals surface area (Å²) in [7, 11) is 0. The molecule has 0 aliphatic rings. The molecule has 4 heteroatoms. The Morgan fingerprint density at radius 2 is 1.37 bits per heavy atom. The van der Waals surface area contributed by atoms with E-state index >= 15 is 0 Å². The number of para-hydroxylation sites is 1. The van der Waals surface area contributed by atoms with Crippen LogP contribution < -0.4 is 5.32 Å². The van der Waals surface area contributed by atoms with E-state index in [2.05, 4.69) is 17.2 Å². The molecule has 0 aliphatic heterocycles. The lowest BCUT2D eigenvalue weighted by molar-refractivity contribution is 0.0948. The lowest BCUT2D eigenvalue weighted by atomic mass is 10.0. The molecule has 0 saturated carbocycles. The molecule has 2 rings (SSSR count). The fourth-order valence-electron chi connectivity index (χ4n) is 3.87. The highest BCUT2D eigenvalue weighted by Gasteiger charge is 2.09. The molecule has 166 valence electrons. The molecule has 0 fully saturated rings. The number of unbranched alkanes of at least 4 members (excludes halogenated alkanes) is 13. The van der Waals surface area contributed by atoms with Crippen molar-refractivity contribution in [2.24, 2.45) is 0 Å². The van der Waals surface area contributed by atoms with Crippen LogP contribution in [-0.4, -0.2) is 22.5 Å². The molecular weight excluding hydrogens is 372 g/mol. The number of hydrogen-bond acceptors (Lipinski definition) is 3. The van der Waals surface area contributed by atoms with E-state index in [9.17, 15) is 9.90 Å². The average molecular weight is 413 g/mol. The maximum Gasteiger partial charge on any atom is 0.269 e. The molecule has 2 aromatic rings. The van der Waals surface area contributed by atoms with Crippen LogP contribution in [0.3, 0.4) is 0 Å². The summed E-state index contributed by atoms with van der Waals surface area (Å²) in [6.07, 6.45) is 18.6. The maximum atomic E-state index is 12.3. The third-order valence-electron chi connectivity index (χ3n) is 5.75. The number of phenols is 1. The summed E-state index contributed by atoms with van der Waals surface area (Å²) in [5.41, 5.74) is 0.830. The molecule has 1 aromatic carbocycles. The molecular formula is C26H40N2O2. The smallest absolute Gasteiger partial charge is 0.269 e. The first-order chi connectivity index (χ1) is 14.7. The Balaban J connectivity index is 1.45. The van der Waals surface area contributed by atoms with Gasteiger partial charge in [0.25, 0.3) is 5.91 Å². The highest BCUT2D eigenvalue weighted by atomic mass is 16.3. The van der Waals surface area contributed by atoms with E-state index in [0.717, 1.165) is 18.2 Å². The molecule has 0 unspecified atom stereocenters. The van der Waals surface area contributed by atoms with Crippen molar-refractivity contribution in [3.63, 3.8) is 0 Å². The van der Waals surface area contributed by atoms with Crippen LogP contribution in [0.5, 0.6) is 5.75 Å². The fraction of sp³-hybridized carbons (Fsp3) is 0.615. The number of rotatable bonds is 16. The van der Waals surface area contributed by atoms with Gasteiger partial charge in [-0.1, -0.05) is 109 Å². The minimum absolute atomic E-state index is 0.106.